The normalized spacial score (nSPS) is 25.0. The molecule has 1 amide bonds. The van der Waals surface area contributed by atoms with Gasteiger partial charge in [-0.15, -0.1) is 0 Å². The first-order valence-corrected chi connectivity index (χ1v) is 13.9. The second-order valence-corrected chi connectivity index (χ2v) is 12.1. The minimum absolute atomic E-state index is 0.0857. The summed E-state index contributed by atoms with van der Waals surface area (Å²) in [5.41, 5.74) is -1.57. The van der Waals surface area contributed by atoms with Gasteiger partial charge in [0.2, 0.25) is 0 Å². The lowest BCUT2D eigenvalue weighted by Gasteiger charge is -2.30. The summed E-state index contributed by atoms with van der Waals surface area (Å²) in [5, 5.41) is 22.1. The number of carbonyl (C=O) groups excluding carboxylic acids is 1. The van der Waals surface area contributed by atoms with Gasteiger partial charge in [-0.2, -0.15) is 0 Å². The zero-order valence-electron chi connectivity index (χ0n) is 19.7. The summed E-state index contributed by atoms with van der Waals surface area (Å²) in [7, 11) is -3.88. The van der Waals surface area contributed by atoms with Gasteiger partial charge < -0.3 is 20.3 Å². The van der Waals surface area contributed by atoms with Crippen molar-refractivity contribution in [2.45, 2.75) is 48.7 Å². The maximum Gasteiger partial charge on any atom is 0.255 e. The Hall–Kier alpha value is -2.18. The molecule has 4 rings (SSSR count). The number of aliphatic hydroxyl groups excluding tert-OH is 1. The van der Waals surface area contributed by atoms with Gasteiger partial charge in [-0.3, -0.25) is 4.79 Å². The lowest BCUT2D eigenvalue weighted by atomic mass is 9.85. The number of ether oxygens (including phenoxy) is 1. The van der Waals surface area contributed by atoms with Gasteiger partial charge in [0, 0.05) is 35.9 Å². The quantitative estimate of drug-likeness (QED) is 0.297. The van der Waals surface area contributed by atoms with Gasteiger partial charge in [-0.25, -0.2) is 21.6 Å². The number of hydrogen-bond acceptors (Lipinski definition) is 6. The summed E-state index contributed by atoms with van der Waals surface area (Å²) in [6, 6.07) is 4.77. The van der Waals surface area contributed by atoms with Crippen LogP contribution in [-0.4, -0.2) is 55.2 Å². The highest BCUT2D eigenvalue weighted by molar-refractivity contribution is 7.91. The van der Waals surface area contributed by atoms with E-state index in [4.69, 9.17) is 16.3 Å². The summed E-state index contributed by atoms with van der Waals surface area (Å²) in [4.78, 5) is 12.3. The summed E-state index contributed by atoms with van der Waals surface area (Å²) >= 11 is 6.09. The molecule has 202 valence electrons. The fourth-order valence-corrected chi connectivity index (χ4v) is 7.27. The number of nitrogens with one attached hydrogen (secondary N) is 1. The second-order valence-electron chi connectivity index (χ2n) is 9.62. The number of carbonyl (C=O) groups is 1. The second kappa shape index (κ2) is 10.9. The molecule has 2 unspecified atom stereocenters. The van der Waals surface area contributed by atoms with Crippen LogP contribution in [0.2, 0.25) is 5.02 Å². The van der Waals surface area contributed by atoms with Crippen molar-refractivity contribution in [1.82, 2.24) is 0 Å². The molecule has 3 N–H and O–H groups in total. The van der Waals surface area contributed by atoms with E-state index in [1.54, 1.807) is 0 Å². The number of anilines is 1. The van der Waals surface area contributed by atoms with Gasteiger partial charge >= 0.3 is 0 Å². The molecule has 2 aromatic rings. The van der Waals surface area contributed by atoms with Crippen molar-refractivity contribution in [3.63, 3.8) is 0 Å². The number of sulfone groups is 1. The number of fused-ring (bicyclic) bond motifs is 2. The molecular weight excluding hydrogens is 535 g/mol. The first kappa shape index (κ1) is 27.8. The predicted octanol–water partition coefficient (Wildman–Crippen LogP) is 4.10. The molecule has 2 aromatic carbocycles. The predicted molar refractivity (Wildman–Crippen MR) is 130 cm³/mol. The Bertz CT molecular complexity index is 1270. The lowest BCUT2D eigenvalue weighted by Crippen LogP contribution is -2.40. The van der Waals surface area contributed by atoms with Gasteiger partial charge in [0.15, 0.2) is 27.3 Å². The number of aliphatic hydroxyl groups is 2. The van der Waals surface area contributed by atoms with Crippen LogP contribution in [0.15, 0.2) is 35.2 Å². The number of hydrogen-bond donors (Lipinski definition) is 3. The lowest BCUT2D eigenvalue weighted by molar-refractivity contribution is -0.0767. The minimum Gasteiger partial charge on any atom is -0.393 e. The summed E-state index contributed by atoms with van der Waals surface area (Å²) in [5.74, 6) is -5.70. The van der Waals surface area contributed by atoms with Crippen molar-refractivity contribution < 1.29 is 41.3 Å². The molecular formula is C25H27ClF3NO6S. The summed E-state index contributed by atoms with van der Waals surface area (Å²) < 4.78 is 71.8. The molecule has 0 radical (unpaired) electrons. The average molecular weight is 562 g/mol. The smallest absolute Gasteiger partial charge is 0.255 e. The van der Waals surface area contributed by atoms with Crippen LogP contribution < -0.4 is 5.32 Å². The van der Waals surface area contributed by atoms with Crippen molar-refractivity contribution in [3.8, 4) is 0 Å². The third kappa shape index (κ3) is 5.80. The Morgan fingerprint density at radius 1 is 1.14 bits per heavy atom. The van der Waals surface area contributed by atoms with Crippen molar-refractivity contribution in [1.29, 1.82) is 0 Å². The summed E-state index contributed by atoms with van der Waals surface area (Å²) in [6.45, 7) is -0.00253. The maximum atomic E-state index is 13.4. The molecule has 2 aliphatic rings. The van der Waals surface area contributed by atoms with Crippen LogP contribution in [0.5, 0.6) is 0 Å². The molecule has 4 atom stereocenters. The number of rotatable bonds is 10. The third-order valence-electron chi connectivity index (χ3n) is 7.18. The monoisotopic (exact) mass is 561 g/mol. The SMILES string of the molecule is O=C(Nc1cc(F)c(F)c(F)c1)c1ccc(Cl)c(S(=O)(=O)CCCCO[C@@H]2C3CCC2[C@@](O)(CO)C3)c1. The van der Waals surface area contributed by atoms with Crippen LogP contribution in [0.3, 0.4) is 0 Å². The summed E-state index contributed by atoms with van der Waals surface area (Å²) in [6.07, 6.45) is 2.76. The fourth-order valence-electron chi connectivity index (χ4n) is 5.32. The molecule has 0 heterocycles. The number of unbranched alkanes of at least 4 members (excludes halogenated alkanes) is 1. The molecule has 12 heteroatoms. The van der Waals surface area contributed by atoms with Gasteiger partial charge in [-0.05, 0) is 56.2 Å². The zero-order chi connectivity index (χ0) is 27.0. The third-order valence-corrected chi connectivity index (χ3v) is 9.45. The van der Waals surface area contributed by atoms with Crippen LogP contribution in [0.25, 0.3) is 0 Å². The fraction of sp³-hybridized carbons (Fsp3) is 0.480. The molecule has 0 saturated heterocycles. The molecule has 37 heavy (non-hydrogen) atoms. The molecule has 2 fully saturated rings. The van der Waals surface area contributed by atoms with Gasteiger partial charge in [0.25, 0.3) is 5.91 Å². The van der Waals surface area contributed by atoms with Crippen molar-refractivity contribution in [2.75, 3.05) is 24.3 Å². The number of halogens is 4. The standard InChI is InChI=1S/C25H27ClF3NO6S/c26-18-6-4-14(24(32)30-16-10-19(27)22(29)20(28)11-16)9-21(18)37(34,35)8-2-1-7-36-23-15-3-5-17(23)25(33,12-15)13-31/h4,6,9-11,15,17,23,31,33H,1-3,5,7-8,12-13H2,(H,30,32)/t15?,17?,23-,25+/m1/s1. The van der Waals surface area contributed by atoms with E-state index in [1.165, 1.54) is 12.1 Å². The molecule has 2 saturated carbocycles. The highest BCUT2D eigenvalue weighted by Gasteiger charge is 2.56. The van der Waals surface area contributed by atoms with Gasteiger partial charge in [0.05, 0.1) is 34.0 Å². The largest absolute Gasteiger partial charge is 0.393 e. The molecule has 0 spiro atoms. The van der Waals surface area contributed by atoms with Crippen molar-refractivity contribution in [3.05, 3.63) is 58.4 Å². The first-order chi connectivity index (χ1) is 17.4. The van der Waals surface area contributed by atoms with Crippen LogP contribution in [0.1, 0.15) is 42.5 Å². The van der Waals surface area contributed by atoms with Gasteiger partial charge in [0.1, 0.15) is 0 Å². The van der Waals surface area contributed by atoms with Crippen molar-refractivity contribution >= 4 is 33.0 Å². The number of benzene rings is 2. The average Bonchev–Trinajstić information content (AvgIpc) is 3.36. The zero-order valence-corrected chi connectivity index (χ0v) is 21.3. The van der Waals surface area contributed by atoms with E-state index in [0.29, 0.717) is 31.6 Å². The minimum atomic E-state index is -3.88. The number of amides is 1. The van der Waals surface area contributed by atoms with E-state index in [-0.39, 0.29) is 57.9 Å². The molecule has 7 nitrogen and oxygen atoms in total. The molecule has 0 aromatic heterocycles. The Morgan fingerprint density at radius 3 is 2.49 bits per heavy atom. The first-order valence-electron chi connectivity index (χ1n) is 11.9. The topological polar surface area (TPSA) is 113 Å². The molecule has 0 aliphatic heterocycles. The van der Waals surface area contributed by atoms with Crippen molar-refractivity contribution in [2.24, 2.45) is 11.8 Å². The van der Waals surface area contributed by atoms with Crippen LogP contribution in [0.4, 0.5) is 18.9 Å². The molecule has 2 bridgehead atoms. The maximum absolute atomic E-state index is 13.4. The van der Waals surface area contributed by atoms with E-state index in [9.17, 15) is 36.6 Å². The highest BCUT2D eigenvalue weighted by Crippen LogP contribution is 2.52. The van der Waals surface area contributed by atoms with Crippen LogP contribution >= 0.6 is 11.6 Å². The van der Waals surface area contributed by atoms with Crippen LogP contribution in [0, 0.1) is 29.3 Å². The van der Waals surface area contributed by atoms with E-state index in [2.05, 4.69) is 5.32 Å². The Morgan fingerprint density at radius 2 is 1.84 bits per heavy atom. The Labute approximate surface area is 217 Å². The van der Waals surface area contributed by atoms with E-state index in [1.807, 2.05) is 0 Å². The Balaban J connectivity index is 1.34. The van der Waals surface area contributed by atoms with Crippen LogP contribution in [-0.2, 0) is 14.6 Å². The van der Waals surface area contributed by atoms with Gasteiger partial charge in [-0.1, -0.05) is 11.6 Å². The highest BCUT2D eigenvalue weighted by atomic mass is 35.5. The van der Waals surface area contributed by atoms with E-state index in [0.717, 1.165) is 18.9 Å². The van der Waals surface area contributed by atoms with E-state index >= 15 is 0 Å². The molecule has 2 aliphatic carbocycles. The van der Waals surface area contributed by atoms with E-state index < -0.39 is 38.8 Å². The Kier molecular flexibility index (Phi) is 8.20.